The van der Waals surface area contributed by atoms with Crippen LogP contribution >= 0.6 is 0 Å². The minimum Gasteiger partial charge on any atom is -0.511 e. The van der Waals surface area contributed by atoms with E-state index in [-0.39, 0.29) is 5.76 Å². The molecule has 110 valence electrons. The van der Waals surface area contributed by atoms with E-state index in [0.29, 0.717) is 18.7 Å². The number of nitrogens with two attached hydrogens (primary N) is 1. The molecule has 0 saturated carbocycles. The molecular formula is C17H20N2O2. The summed E-state index contributed by atoms with van der Waals surface area (Å²) in [6.07, 6.45) is 6.62. The molecule has 1 rings (SSSR count). The molecule has 0 aliphatic rings. The highest BCUT2D eigenvalue weighted by atomic mass is 16.3. The van der Waals surface area contributed by atoms with Crippen molar-refractivity contribution >= 4 is 6.29 Å². The van der Waals surface area contributed by atoms with Crippen LogP contribution in [0.4, 0.5) is 0 Å². The third-order valence-corrected chi connectivity index (χ3v) is 2.60. The van der Waals surface area contributed by atoms with Crippen molar-refractivity contribution in [1.29, 1.82) is 0 Å². The van der Waals surface area contributed by atoms with E-state index in [9.17, 15) is 9.90 Å². The van der Waals surface area contributed by atoms with Gasteiger partial charge in [0.05, 0.1) is 6.54 Å². The summed E-state index contributed by atoms with van der Waals surface area (Å²) in [5.74, 6) is 6.05. The van der Waals surface area contributed by atoms with E-state index in [1.165, 1.54) is 0 Å². The lowest BCUT2D eigenvalue weighted by Gasteiger charge is -2.01. The fraction of sp³-hybridized carbons (Fsp3) is 0.235. The average Bonchev–Trinajstić information content (AvgIpc) is 2.52. The van der Waals surface area contributed by atoms with E-state index < -0.39 is 0 Å². The Bertz CT molecular complexity index is 548. The lowest BCUT2D eigenvalue weighted by atomic mass is 10.1. The van der Waals surface area contributed by atoms with Gasteiger partial charge in [0, 0.05) is 11.1 Å². The van der Waals surface area contributed by atoms with E-state index in [2.05, 4.69) is 17.2 Å². The Morgan fingerprint density at radius 3 is 2.76 bits per heavy atom. The van der Waals surface area contributed by atoms with Crippen molar-refractivity contribution in [3.8, 4) is 11.8 Å². The van der Waals surface area contributed by atoms with Gasteiger partial charge in [-0.05, 0) is 43.8 Å². The first-order chi connectivity index (χ1) is 10.3. The van der Waals surface area contributed by atoms with Gasteiger partial charge >= 0.3 is 0 Å². The lowest BCUT2D eigenvalue weighted by molar-refractivity contribution is 0.112. The molecule has 1 aromatic carbocycles. The zero-order valence-corrected chi connectivity index (χ0v) is 11.9. The van der Waals surface area contributed by atoms with Crippen LogP contribution in [0.3, 0.4) is 0 Å². The van der Waals surface area contributed by atoms with Crippen LogP contribution in [0, 0.1) is 11.8 Å². The van der Waals surface area contributed by atoms with E-state index in [1.54, 1.807) is 42.5 Å². The first kappa shape index (κ1) is 16.7. The van der Waals surface area contributed by atoms with Crippen LogP contribution in [0.5, 0.6) is 0 Å². The highest BCUT2D eigenvalue weighted by Crippen LogP contribution is 2.00. The average molecular weight is 284 g/mol. The van der Waals surface area contributed by atoms with E-state index in [0.717, 1.165) is 24.8 Å². The predicted molar refractivity (Wildman–Crippen MR) is 85.1 cm³/mol. The zero-order chi connectivity index (χ0) is 15.3. The van der Waals surface area contributed by atoms with Gasteiger partial charge in [-0.25, -0.2) is 0 Å². The topological polar surface area (TPSA) is 75.3 Å². The quantitative estimate of drug-likeness (QED) is 0.235. The summed E-state index contributed by atoms with van der Waals surface area (Å²) in [5.41, 5.74) is 6.83. The Morgan fingerprint density at radius 1 is 1.33 bits per heavy atom. The molecule has 21 heavy (non-hydrogen) atoms. The Morgan fingerprint density at radius 2 is 2.10 bits per heavy atom. The summed E-state index contributed by atoms with van der Waals surface area (Å²) in [6, 6.07) is 7.03. The van der Waals surface area contributed by atoms with Gasteiger partial charge in [0.25, 0.3) is 0 Å². The minimum atomic E-state index is 0.250. The van der Waals surface area contributed by atoms with Crippen LogP contribution < -0.4 is 11.1 Å². The fourth-order valence-corrected chi connectivity index (χ4v) is 1.48. The maximum Gasteiger partial charge on any atom is 0.150 e. The van der Waals surface area contributed by atoms with Gasteiger partial charge in [-0.1, -0.05) is 30.0 Å². The van der Waals surface area contributed by atoms with Crippen LogP contribution in [0.25, 0.3) is 0 Å². The summed E-state index contributed by atoms with van der Waals surface area (Å²) in [6.45, 7) is 1.85. The number of benzene rings is 1. The highest BCUT2D eigenvalue weighted by molar-refractivity contribution is 5.74. The van der Waals surface area contributed by atoms with Crippen molar-refractivity contribution < 1.29 is 9.90 Å². The van der Waals surface area contributed by atoms with Crippen LogP contribution in [-0.4, -0.2) is 31.0 Å². The van der Waals surface area contributed by atoms with E-state index >= 15 is 0 Å². The molecule has 0 bridgehead atoms. The Kier molecular flexibility index (Phi) is 8.30. The minimum absolute atomic E-state index is 0.250. The summed E-state index contributed by atoms with van der Waals surface area (Å²) in [7, 11) is 0. The predicted octanol–water partition coefficient (Wildman–Crippen LogP) is 1.79. The van der Waals surface area contributed by atoms with Gasteiger partial charge in [-0.15, -0.1) is 0 Å². The summed E-state index contributed by atoms with van der Waals surface area (Å²) in [4.78, 5) is 10.5. The van der Waals surface area contributed by atoms with Crippen molar-refractivity contribution in [2.45, 2.75) is 6.42 Å². The molecule has 0 amide bonds. The maximum atomic E-state index is 10.5. The smallest absolute Gasteiger partial charge is 0.150 e. The zero-order valence-electron chi connectivity index (χ0n) is 11.9. The van der Waals surface area contributed by atoms with Crippen molar-refractivity contribution in [2.24, 2.45) is 5.73 Å². The molecule has 0 radical (unpaired) electrons. The molecule has 0 aliphatic carbocycles. The number of allylic oxidation sites excluding steroid dienone is 3. The number of carbonyl (C=O) groups excluding carboxylic acids is 1. The molecule has 4 N–H and O–H groups in total. The molecular weight excluding hydrogens is 264 g/mol. The summed E-state index contributed by atoms with van der Waals surface area (Å²) < 4.78 is 0. The highest BCUT2D eigenvalue weighted by Gasteiger charge is 1.90. The lowest BCUT2D eigenvalue weighted by Crippen LogP contribution is -2.20. The Hall–Kier alpha value is -2.35. The van der Waals surface area contributed by atoms with Crippen LogP contribution in [0.1, 0.15) is 22.3 Å². The van der Waals surface area contributed by atoms with Gasteiger partial charge in [-0.2, -0.15) is 0 Å². The molecule has 0 fully saturated rings. The number of nitrogens with one attached hydrogen (secondary N) is 1. The van der Waals surface area contributed by atoms with Gasteiger partial charge in [-0.3, -0.25) is 4.79 Å². The summed E-state index contributed by atoms with van der Waals surface area (Å²) >= 11 is 0. The molecule has 0 aliphatic heterocycles. The first-order valence-electron chi connectivity index (χ1n) is 6.78. The second-order valence-electron chi connectivity index (χ2n) is 4.35. The SMILES string of the molecule is NCCCNC/C(O)=C/C=C/C#Cc1ccc(C=O)cc1. The van der Waals surface area contributed by atoms with Gasteiger partial charge in [0.15, 0.2) is 0 Å². The van der Waals surface area contributed by atoms with Crippen LogP contribution in [-0.2, 0) is 0 Å². The largest absolute Gasteiger partial charge is 0.511 e. The van der Waals surface area contributed by atoms with Crippen LogP contribution in [0.15, 0.2) is 48.3 Å². The number of rotatable bonds is 7. The normalized spacial score (nSPS) is 11.2. The van der Waals surface area contributed by atoms with Crippen molar-refractivity contribution in [1.82, 2.24) is 5.32 Å². The monoisotopic (exact) mass is 284 g/mol. The van der Waals surface area contributed by atoms with E-state index in [1.807, 2.05) is 0 Å². The third kappa shape index (κ3) is 7.73. The molecule has 0 spiro atoms. The maximum absolute atomic E-state index is 10.5. The van der Waals surface area contributed by atoms with Gasteiger partial charge in [0.1, 0.15) is 12.0 Å². The van der Waals surface area contributed by atoms with Crippen LogP contribution in [0.2, 0.25) is 0 Å². The molecule has 0 aromatic heterocycles. The molecule has 0 heterocycles. The first-order valence-corrected chi connectivity index (χ1v) is 6.78. The molecule has 0 atom stereocenters. The Balaban J connectivity index is 2.39. The molecule has 4 nitrogen and oxygen atoms in total. The fourth-order valence-electron chi connectivity index (χ4n) is 1.48. The van der Waals surface area contributed by atoms with Gasteiger partial charge < -0.3 is 16.2 Å². The second-order valence-corrected chi connectivity index (χ2v) is 4.35. The van der Waals surface area contributed by atoms with Crippen molar-refractivity contribution in [3.63, 3.8) is 0 Å². The van der Waals surface area contributed by atoms with Crippen molar-refractivity contribution in [2.75, 3.05) is 19.6 Å². The number of hydrogen-bond donors (Lipinski definition) is 3. The number of aliphatic hydroxyl groups is 1. The van der Waals surface area contributed by atoms with E-state index in [4.69, 9.17) is 5.73 Å². The third-order valence-electron chi connectivity index (χ3n) is 2.60. The molecule has 0 saturated heterocycles. The van der Waals surface area contributed by atoms with Crippen molar-refractivity contribution in [3.05, 3.63) is 59.4 Å². The number of hydrogen-bond acceptors (Lipinski definition) is 4. The standard InChI is InChI=1S/C17H20N2O2/c18-11-4-12-19-13-17(21)6-3-1-2-5-15-7-9-16(14-20)10-8-15/h1,3,6-10,14,19,21H,4,11-13,18H2/b3-1+,17-6-. The number of aliphatic hydroxyl groups excluding tert-OH is 1. The molecule has 4 heteroatoms. The summed E-state index contributed by atoms with van der Waals surface area (Å²) in [5, 5.41) is 12.6. The molecule has 0 unspecified atom stereocenters. The Labute approximate surface area is 125 Å². The van der Waals surface area contributed by atoms with Gasteiger partial charge in [0.2, 0.25) is 0 Å². The number of aldehydes is 1. The second kappa shape index (κ2) is 10.4. The number of carbonyl (C=O) groups is 1. The molecule has 1 aromatic rings.